The largest absolute Gasteiger partial charge is 0.338 e. The summed E-state index contributed by atoms with van der Waals surface area (Å²) in [5.41, 5.74) is 1.35. The zero-order chi connectivity index (χ0) is 20.7. The highest BCUT2D eigenvalue weighted by Gasteiger charge is 2.33. The van der Waals surface area contributed by atoms with Crippen LogP contribution >= 0.6 is 0 Å². The lowest BCUT2D eigenvalue weighted by Crippen LogP contribution is -2.52. The molecule has 0 atom stereocenters. The Balaban J connectivity index is 1.45. The van der Waals surface area contributed by atoms with Crippen molar-refractivity contribution < 1.29 is 13.6 Å². The van der Waals surface area contributed by atoms with Crippen molar-refractivity contribution in [3.8, 4) is 5.82 Å². The van der Waals surface area contributed by atoms with E-state index in [1.54, 1.807) is 10.7 Å². The van der Waals surface area contributed by atoms with Crippen molar-refractivity contribution in [3.63, 3.8) is 0 Å². The van der Waals surface area contributed by atoms with Crippen molar-refractivity contribution in [2.75, 3.05) is 13.1 Å². The van der Waals surface area contributed by atoms with Gasteiger partial charge in [0.1, 0.15) is 11.6 Å². The third kappa shape index (κ3) is 3.67. The van der Waals surface area contributed by atoms with E-state index in [-0.39, 0.29) is 17.0 Å². The molecule has 150 valence electrons. The van der Waals surface area contributed by atoms with Crippen molar-refractivity contribution in [2.45, 2.75) is 20.4 Å². The molecule has 0 unspecified atom stereocenters. The van der Waals surface area contributed by atoms with Gasteiger partial charge in [0, 0.05) is 36.8 Å². The van der Waals surface area contributed by atoms with Gasteiger partial charge in [0.2, 0.25) is 0 Å². The van der Waals surface area contributed by atoms with E-state index < -0.39 is 17.5 Å². The van der Waals surface area contributed by atoms with Gasteiger partial charge in [0.15, 0.2) is 5.82 Å². The summed E-state index contributed by atoms with van der Waals surface area (Å²) in [7, 11) is 0. The molecule has 0 bridgehead atoms. The van der Waals surface area contributed by atoms with E-state index in [2.05, 4.69) is 10.2 Å². The number of aryl methyl sites for hydroxylation is 2. The van der Waals surface area contributed by atoms with Crippen LogP contribution in [0.4, 0.5) is 8.78 Å². The molecule has 0 saturated carbocycles. The first-order valence-electron chi connectivity index (χ1n) is 9.18. The number of halogens is 2. The number of carbonyl (C=O) groups excluding carboxylic acids is 1. The molecule has 3 aromatic rings. The fraction of sp³-hybridized carbons (Fsp3) is 0.300. The van der Waals surface area contributed by atoms with Crippen LogP contribution in [0, 0.1) is 31.4 Å². The van der Waals surface area contributed by atoms with Crippen LogP contribution in [0.5, 0.6) is 0 Å². The summed E-state index contributed by atoms with van der Waals surface area (Å²) < 4.78 is 29.9. The molecule has 2 aromatic heterocycles. The highest BCUT2D eigenvalue weighted by Crippen LogP contribution is 2.21. The summed E-state index contributed by atoms with van der Waals surface area (Å²) in [6, 6.07) is 7.87. The van der Waals surface area contributed by atoms with Gasteiger partial charge in [-0.2, -0.15) is 5.10 Å². The molecular formula is C20H19F2N5O2. The van der Waals surface area contributed by atoms with Gasteiger partial charge in [-0.15, -0.1) is 5.10 Å². The molecule has 1 aromatic carbocycles. The summed E-state index contributed by atoms with van der Waals surface area (Å²) in [5, 5.41) is 8.76. The summed E-state index contributed by atoms with van der Waals surface area (Å²) >= 11 is 0. The summed E-state index contributed by atoms with van der Waals surface area (Å²) in [6.07, 6.45) is 0. The van der Waals surface area contributed by atoms with Crippen LogP contribution in [0.3, 0.4) is 0 Å². The molecule has 0 aliphatic carbocycles. The lowest BCUT2D eigenvalue weighted by Gasteiger charge is -2.39. The van der Waals surface area contributed by atoms with Gasteiger partial charge in [0.25, 0.3) is 11.5 Å². The molecule has 4 rings (SSSR count). The first kappa shape index (κ1) is 19.0. The van der Waals surface area contributed by atoms with Crippen LogP contribution in [0.1, 0.15) is 21.7 Å². The maximum absolute atomic E-state index is 13.8. The van der Waals surface area contributed by atoms with E-state index in [1.165, 1.54) is 15.6 Å². The molecule has 0 radical (unpaired) electrons. The van der Waals surface area contributed by atoms with E-state index in [0.717, 1.165) is 23.5 Å². The Kier molecular flexibility index (Phi) is 4.73. The van der Waals surface area contributed by atoms with Crippen molar-refractivity contribution in [1.29, 1.82) is 0 Å². The number of hydrogen-bond acceptors (Lipinski definition) is 4. The molecule has 1 aliphatic heterocycles. The lowest BCUT2D eigenvalue weighted by atomic mass is 9.98. The standard InChI is InChI=1S/C20H19F2N5O2/c1-12-7-13(2)27(23-12)18-5-6-19(28)26(24-18)11-14-9-25(10-14)20(29)16-4-3-15(21)8-17(16)22/h3-8,14H,9-11H2,1-2H3. The number of rotatable bonds is 4. The van der Waals surface area contributed by atoms with Gasteiger partial charge < -0.3 is 4.90 Å². The second kappa shape index (κ2) is 7.23. The second-order valence-electron chi connectivity index (χ2n) is 7.25. The van der Waals surface area contributed by atoms with Gasteiger partial charge in [-0.3, -0.25) is 9.59 Å². The zero-order valence-electron chi connectivity index (χ0n) is 16.0. The maximum atomic E-state index is 13.8. The highest BCUT2D eigenvalue weighted by molar-refractivity contribution is 5.95. The highest BCUT2D eigenvalue weighted by atomic mass is 19.1. The molecule has 1 amide bonds. The number of benzene rings is 1. The third-order valence-corrected chi connectivity index (χ3v) is 4.92. The molecule has 9 heteroatoms. The quantitative estimate of drug-likeness (QED) is 0.674. The second-order valence-corrected chi connectivity index (χ2v) is 7.25. The molecular weight excluding hydrogens is 380 g/mol. The van der Waals surface area contributed by atoms with E-state index in [4.69, 9.17) is 0 Å². The van der Waals surface area contributed by atoms with Crippen LogP contribution in [0.2, 0.25) is 0 Å². The predicted molar refractivity (Wildman–Crippen MR) is 101 cm³/mol. The van der Waals surface area contributed by atoms with Gasteiger partial charge in [-0.05, 0) is 38.1 Å². The third-order valence-electron chi connectivity index (χ3n) is 4.92. The Morgan fingerprint density at radius 2 is 1.86 bits per heavy atom. The fourth-order valence-corrected chi connectivity index (χ4v) is 3.47. The predicted octanol–water partition coefficient (Wildman–Crippen LogP) is 2.10. The van der Waals surface area contributed by atoms with Gasteiger partial charge >= 0.3 is 0 Å². The maximum Gasteiger partial charge on any atom is 0.266 e. The summed E-state index contributed by atoms with van der Waals surface area (Å²) in [5.74, 6) is -1.54. The van der Waals surface area contributed by atoms with E-state index in [9.17, 15) is 18.4 Å². The zero-order valence-corrected chi connectivity index (χ0v) is 16.0. The van der Waals surface area contributed by atoms with E-state index in [0.29, 0.717) is 31.5 Å². The van der Waals surface area contributed by atoms with Crippen LogP contribution in [0.15, 0.2) is 41.2 Å². The fourth-order valence-electron chi connectivity index (χ4n) is 3.47. The average Bonchev–Trinajstić information content (AvgIpc) is 2.97. The SMILES string of the molecule is Cc1cc(C)n(-c2ccc(=O)n(CC3CN(C(=O)c4ccc(F)cc4F)C3)n2)n1. The van der Waals surface area contributed by atoms with Crippen molar-refractivity contribution >= 4 is 5.91 Å². The molecule has 1 fully saturated rings. The van der Waals surface area contributed by atoms with Gasteiger partial charge in [-0.25, -0.2) is 18.1 Å². The van der Waals surface area contributed by atoms with Crippen molar-refractivity contribution in [1.82, 2.24) is 24.5 Å². The summed E-state index contributed by atoms with van der Waals surface area (Å²) in [6.45, 7) is 4.86. The molecule has 0 N–H and O–H groups in total. The first-order valence-corrected chi connectivity index (χ1v) is 9.18. The minimum absolute atomic E-state index is 0.0170. The summed E-state index contributed by atoms with van der Waals surface area (Å²) in [4.78, 5) is 26.0. The molecule has 0 spiro atoms. The smallest absolute Gasteiger partial charge is 0.266 e. The number of hydrogen-bond donors (Lipinski definition) is 0. The van der Waals surface area contributed by atoms with Crippen molar-refractivity contribution in [3.05, 3.63) is 75.3 Å². The number of amides is 1. The van der Waals surface area contributed by atoms with Crippen molar-refractivity contribution in [2.24, 2.45) is 5.92 Å². The number of aromatic nitrogens is 4. The number of likely N-dealkylation sites (tertiary alicyclic amines) is 1. The van der Waals surface area contributed by atoms with Crippen LogP contribution < -0.4 is 5.56 Å². The lowest BCUT2D eigenvalue weighted by molar-refractivity contribution is 0.0453. The molecule has 1 aliphatic rings. The van der Waals surface area contributed by atoms with E-state index >= 15 is 0 Å². The Hall–Kier alpha value is -3.36. The van der Waals surface area contributed by atoms with Gasteiger partial charge in [-0.1, -0.05) is 0 Å². The van der Waals surface area contributed by atoms with Crippen LogP contribution in [-0.4, -0.2) is 43.5 Å². The average molecular weight is 399 g/mol. The van der Waals surface area contributed by atoms with E-state index in [1.807, 2.05) is 19.9 Å². The Bertz CT molecular complexity index is 1150. The first-order chi connectivity index (χ1) is 13.8. The minimum Gasteiger partial charge on any atom is -0.338 e. The molecule has 1 saturated heterocycles. The number of carbonyl (C=O) groups is 1. The Morgan fingerprint density at radius 3 is 2.52 bits per heavy atom. The number of nitrogens with zero attached hydrogens (tertiary/aromatic N) is 5. The topological polar surface area (TPSA) is 73.0 Å². The molecule has 29 heavy (non-hydrogen) atoms. The Morgan fingerprint density at radius 1 is 1.10 bits per heavy atom. The molecule has 7 nitrogen and oxygen atoms in total. The van der Waals surface area contributed by atoms with Crippen LogP contribution in [-0.2, 0) is 6.54 Å². The van der Waals surface area contributed by atoms with Gasteiger partial charge in [0.05, 0.1) is 17.8 Å². The normalized spacial score (nSPS) is 14.1. The Labute approximate surface area is 165 Å². The monoisotopic (exact) mass is 399 g/mol. The minimum atomic E-state index is -0.881. The van der Waals surface area contributed by atoms with Crippen LogP contribution in [0.25, 0.3) is 5.82 Å². The molecule has 3 heterocycles.